The highest BCUT2D eigenvalue weighted by Gasteiger charge is 2.13. The highest BCUT2D eigenvalue weighted by Crippen LogP contribution is 2.17. The second-order valence-corrected chi connectivity index (χ2v) is 5.93. The summed E-state index contributed by atoms with van der Waals surface area (Å²) in [5.74, 6) is -0.321. The van der Waals surface area contributed by atoms with Gasteiger partial charge in [0.15, 0.2) is 0 Å². The molecule has 1 aromatic carbocycles. The van der Waals surface area contributed by atoms with Crippen molar-refractivity contribution in [3.63, 3.8) is 0 Å². The van der Waals surface area contributed by atoms with E-state index in [2.05, 4.69) is 47.2 Å². The molecule has 4 nitrogen and oxygen atoms in total. The first-order valence-electron chi connectivity index (χ1n) is 7.43. The zero-order valence-electron chi connectivity index (χ0n) is 13.1. The molecular formula is C17H19Cl2N3O. The number of carbonyl (C=O) groups excluding carboxylic acids is 1. The van der Waals surface area contributed by atoms with E-state index in [1.165, 1.54) is 5.56 Å². The smallest absolute Gasteiger partial charge is 0.271 e. The molecule has 0 aliphatic heterocycles. The lowest BCUT2D eigenvalue weighted by Crippen LogP contribution is -2.35. The summed E-state index contributed by atoms with van der Waals surface area (Å²) in [6, 6.07) is 11.4. The second-order valence-electron chi connectivity index (χ2n) is 5.14. The Labute approximate surface area is 146 Å². The number of aryl methyl sites for hydroxylation is 1. The number of halogens is 2. The fraction of sp³-hybridized carbons (Fsp3) is 0.294. The lowest BCUT2D eigenvalue weighted by Gasteiger charge is -2.23. The fourth-order valence-corrected chi connectivity index (χ4v) is 2.60. The maximum absolute atomic E-state index is 12.1. The van der Waals surface area contributed by atoms with Gasteiger partial charge in [0.05, 0.1) is 5.02 Å². The van der Waals surface area contributed by atoms with E-state index in [0.717, 1.165) is 12.2 Å². The molecule has 1 amide bonds. The number of likely N-dealkylation sites (N-methyl/N-ethyl adjacent to an activating group) is 1. The van der Waals surface area contributed by atoms with Gasteiger partial charge >= 0.3 is 0 Å². The summed E-state index contributed by atoms with van der Waals surface area (Å²) in [6.07, 6.45) is 0. The Kier molecular flexibility index (Phi) is 6.25. The van der Waals surface area contributed by atoms with E-state index < -0.39 is 0 Å². The Morgan fingerprint density at radius 1 is 1.26 bits per heavy atom. The molecule has 1 heterocycles. The van der Waals surface area contributed by atoms with Crippen molar-refractivity contribution in [1.29, 1.82) is 0 Å². The molecule has 0 fully saturated rings. The van der Waals surface area contributed by atoms with E-state index in [1.54, 1.807) is 12.1 Å². The van der Waals surface area contributed by atoms with Gasteiger partial charge in [-0.2, -0.15) is 0 Å². The predicted molar refractivity (Wildman–Crippen MR) is 95.7 cm³/mol. The van der Waals surface area contributed by atoms with Crippen LogP contribution < -0.4 is 10.2 Å². The molecule has 0 aliphatic carbocycles. The summed E-state index contributed by atoms with van der Waals surface area (Å²) >= 11 is 11.8. The lowest BCUT2D eigenvalue weighted by atomic mass is 10.2. The van der Waals surface area contributed by atoms with Gasteiger partial charge in [-0.05, 0) is 43.7 Å². The third kappa shape index (κ3) is 4.85. The number of anilines is 1. The fourth-order valence-electron chi connectivity index (χ4n) is 2.26. The van der Waals surface area contributed by atoms with Crippen LogP contribution in [0.25, 0.3) is 0 Å². The molecule has 6 heteroatoms. The number of pyridine rings is 1. The monoisotopic (exact) mass is 351 g/mol. The van der Waals surface area contributed by atoms with E-state index in [1.807, 2.05) is 6.07 Å². The first-order chi connectivity index (χ1) is 11.0. The number of amides is 1. The summed E-state index contributed by atoms with van der Waals surface area (Å²) in [6.45, 7) is 6.19. The average molecular weight is 352 g/mol. The van der Waals surface area contributed by atoms with Crippen molar-refractivity contribution in [3.05, 3.63) is 57.8 Å². The van der Waals surface area contributed by atoms with Crippen LogP contribution in [-0.2, 0) is 0 Å². The average Bonchev–Trinajstić information content (AvgIpc) is 2.53. The van der Waals surface area contributed by atoms with Crippen LogP contribution in [0.2, 0.25) is 10.2 Å². The van der Waals surface area contributed by atoms with Crippen molar-refractivity contribution in [2.24, 2.45) is 0 Å². The molecule has 0 bridgehead atoms. The highest BCUT2D eigenvalue weighted by molar-refractivity contribution is 6.34. The minimum Gasteiger partial charge on any atom is -0.370 e. The highest BCUT2D eigenvalue weighted by atomic mass is 35.5. The summed E-state index contributed by atoms with van der Waals surface area (Å²) in [5, 5.41) is 3.36. The molecule has 0 unspecified atom stereocenters. The number of nitrogens with zero attached hydrogens (tertiary/aromatic N) is 2. The van der Waals surface area contributed by atoms with Crippen molar-refractivity contribution < 1.29 is 4.79 Å². The molecule has 23 heavy (non-hydrogen) atoms. The molecule has 2 aromatic rings. The van der Waals surface area contributed by atoms with E-state index >= 15 is 0 Å². The quantitative estimate of drug-likeness (QED) is 0.801. The molecule has 0 saturated carbocycles. The number of hydrogen-bond acceptors (Lipinski definition) is 3. The summed E-state index contributed by atoms with van der Waals surface area (Å²) in [7, 11) is 0. The maximum atomic E-state index is 12.1. The van der Waals surface area contributed by atoms with Crippen LogP contribution in [0.15, 0.2) is 36.4 Å². The Morgan fingerprint density at radius 3 is 2.74 bits per heavy atom. The Hall–Kier alpha value is -1.78. The SMILES string of the molecule is CCN(CCNC(=O)c1nc(Cl)ccc1Cl)c1cccc(C)c1. The predicted octanol–water partition coefficient (Wildman–Crippen LogP) is 3.95. The van der Waals surface area contributed by atoms with Crippen molar-refractivity contribution in [1.82, 2.24) is 10.3 Å². The number of carbonyl (C=O) groups is 1. The Bertz CT molecular complexity index is 691. The van der Waals surface area contributed by atoms with Crippen LogP contribution in [0.1, 0.15) is 23.0 Å². The lowest BCUT2D eigenvalue weighted by molar-refractivity contribution is 0.0950. The molecule has 0 atom stereocenters. The summed E-state index contributed by atoms with van der Waals surface area (Å²) in [4.78, 5) is 18.3. The molecule has 0 aliphatic rings. The standard InChI is InChI=1S/C17H19Cl2N3O/c1-3-22(13-6-4-5-12(2)11-13)10-9-20-17(23)16-14(18)7-8-15(19)21-16/h4-8,11H,3,9-10H2,1-2H3,(H,20,23). The zero-order valence-corrected chi connectivity index (χ0v) is 14.7. The van der Waals surface area contributed by atoms with Gasteiger partial charge in [-0.25, -0.2) is 4.98 Å². The first-order valence-corrected chi connectivity index (χ1v) is 8.18. The van der Waals surface area contributed by atoms with Gasteiger partial charge in [0.2, 0.25) is 0 Å². The van der Waals surface area contributed by atoms with Gasteiger partial charge < -0.3 is 10.2 Å². The van der Waals surface area contributed by atoms with Gasteiger partial charge in [0, 0.05) is 25.3 Å². The van der Waals surface area contributed by atoms with Gasteiger partial charge in [-0.15, -0.1) is 0 Å². The third-order valence-corrected chi connectivity index (χ3v) is 3.96. The van der Waals surface area contributed by atoms with E-state index in [-0.39, 0.29) is 21.8 Å². The molecule has 1 N–H and O–H groups in total. The van der Waals surface area contributed by atoms with Gasteiger partial charge in [-0.1, -0.05) is 35.3 Å². The topological polar surface area (TPSA) is 45.2 Å². The van der Waals surface area contributed by atoms with Gasteiger partial charge in [0.25, 0.3) is 5.91 Å². The molecule has 0 saturated heterocycles. The van der Waals surface area contributed by atoms with E-state index in [4.69, 9.17) is 23.2 Å². The Balaban J connectivity index is 1.95. The molecule has 0 radical (unpaired) electrons. The zero-order chi connectivity index (χ0) is 16.8. The number of nitrogens with one attached hydrogen (secondary N) is 1. The first kappa shape index (κ1) is 17.6. The van der Waals surface area contributed by atoms with Crippen molar-refractivity contribution in [3.8, 4) is 0 Å². The maximum Gasteiger partial charge on any atom is 0.271 e. The van der Waals surface area contributed by atoms with Crippen molar-refractivity contribution in [2.75, 3.05) is 24.5 Å². The number of rotatable bonds is 6. The van der Waals surface area contributed by atoms with Crippen LogP contribution in [0.3, 0.4) is 0 Å². The molecule has 2 rings (SSSR count). The number of benzene rings is 1. The summed E-state index contributed by atoms with van der Waals surface area (Å²) in [5.41, 5.74) is 2.50. The van der Waals surface area contributed by atoms with Crippen molar-refractivity contribution in [2.45, 2.75) is 13.8 Å². The Morgan fingerprint density at radius 2 is 2.04 bits per heavy atom. The van der Waals surface area contributed by atoms with E-state index in [9.17, 15) is 4.79 Å². The van der Waals surface area contributed by atoms with Crippen LogP contribution in [0.5, 0.6) is 0 Å². The largest absolute Gasteiger partial charge is 0.370 e. The number of hydrogen-bond donors (Lipinski definition) is 1. The normalized spacial score (nSPS) is 10.4. The minimum atomic E-state index is -0.321. The van der Waals surface area contributed by atoms with Crippen LogP contribution in [-0.4, -0.2) is 30.5 Å². The third-order valence-electron chi connectivity index (χ3n) is 3.44. The molecule has 1 aromatic heterocycles. The number of aromatic nitrogens is 1. The van der Waals surface area contributed by atoms with Gasteiger partial charge in [0.1, 0.15) is 10.8 Å². The summed E-state index contributed by atoms with van der Waals surface area (Å²) < 4.78 is 0. The van der Waals surface area contributed by atoms with E-state index in [0.29, 0.717) is 13.1 Å². The minimum absolute atomic E-state index is 0.151. The van der Waals surface area contributed by atoms with Crippen LogP contribution in [0, 0.1) is 6.92 Å². The van der Waals surface area contributed by atoms with Crippen LogP contribution >= 0.6 is 23.2 Å². The van der Waals surface area contributed by atoms with Crippen molar-refractivity contribution >= 4 is 34.8 Å². The van der Waals surface area contributed by atoms with Crippen LogP contribution in [0.4, 0.5) is 5.69 Å². The molecule has 122 valence electrons. The molecular weight excluding hydrogens is 333 g/mol. The molecule has 0 spiro atoms. The second kappa shape index (κ2) is 8.18. The van der Waals surface area contributed by atoms with Gasteiger partial charge in [-0.3, -0.25) is 4.79 Å².